The second-order valence-electron chi connectivity index (χ2n) is 6.44. The van der Waals surface area contributed by atoms with Gasteiger partial charge < -0.3 is 4.74 Å². The third-order valence-corrected chi connectivity index (χ3v) is 4.38. The van der Waals surface area contributed by atoms with Gasteiger partial charge in [-0.1, -0.05) is 29.8 Å². The fourth-order valence-corrected chi connectivity index (χ4v) is 3.26. The van der Waals surface area contributed by atoms with Crippen LogP contribution in [0.2, 0.25) is 0 Å². The van der Waals surface area contributed by atoms with Gasteiger partial charge in [0.2, 0.25) is 0 Å². The number of hydrogen-bond donors (Lipinski definition) is 0. The van der Waals surface area contributed by atoms with Gasteiger partial charge in [0.15, 0.2) is 5.82 Å². The Morgan fingerprint density at radius 3 is 2.52 bits per heavy atom. The van der Waals surface area contributed by atoms with E-state index < -0.39 is 5.97 Å². The van der Waals surface area contributed by atoms with E-state index in [1.54, 1.807) is 24.3 Å². The van der Waals surface area contributed by atoms with Crippen LogP contribution < -0.4 is 5.56 Å². The first kappa shape index (κ1) is 18.3. The number of carbonyl (C=O) groups excluding carboxylic acids is 1. The molecule has 0 bridgehead atoms. The molecule has 3 aromatic rings. The molecular weight excluding hydrogens is 342 g/mol. The number of fused-ring (bicyclic) bond motifs is 1. The molecule has 0 atom stereocenters. The van der Waals surface area contributed by atoms with Crippen LogP contribution in [0.15, 0.2) is 41.2 Å². The quantitative estimate of drug-likeness (QED) is 0.666. The molecule has 0 saturated carbocycles. The molecule has 6 heteroatoms. The van der Waals surface area contributed by atoms with Crippen molar-refractivity contribution < 1.29 is 9.53 Å². The number of para-hydroxylation sites is 1. The fraction of sp³-hybridized carbons (Fsp3) is 0.238. The van der Waals surface area contributed by atoms with E-state index in [2.05, 4.69) is 4.98 Å². The lowest BCUT2D eigenvalue weighted by molar-refractivity contribution is 0.0455. The van der Waals surface area contributed by atoms with Crippen LogP contribution in [0, 0.1) is 32.1 Å². The first-order chi connectivity index (χ1) is 12.9. The van der Waals surface area contributed by atoms with Crippen LogP contribution in [0.1, 0.15) is 32.9 Å². The van der Waals surface area contributed by atoms with Crippen molar-refractivity contribution in [2.24, 2.45) is 0 Å². The molecule has 0 unspecified atom stereocenters. The number of carbonyl (C=O) groups is 1. The minimum Gasteiger partial charge on any atom is -0.454 e. The summed E-state index contributed by atoms with van der Waals surface area (Å²) in [6, 6.07) is 12.7. The molecule has 0 saturated heterocycles. The molecule has 0 radical (unpaired) electrons. The molecule has 0 amide bonds. The minimum atomic E-state index is -0.476. The van der Waals surface area contributed by atoms with Crippen LogP contribution in [-0.4, -0.2) is 15.5 Å². The van der Waals surface area contributed by atoms with Gasteiger partial charge in [-0.2, -0.15) is 5.26 Å². The van der Waals surface area contributed by atoms with Crippen LogP contribution in [-0.2, 0) is 17.9 Å². The van der Waals surface area contributed by atoms with Crippen LogP contribution in [0.3, 0.4) is 0 Å². The number of nitrogens with zero attached hydrogens (tertiary/aromatic N) is 3. The van der Waals surface area contributed by atoms with E-state index in [9.17, 15) is 9.59 Å². The zero-order valence-electron chi connectivity index (χ0n) is 15.4. The Bertz CT molecular complexity index is 1120. The molecule has 0 spiro atoms. The summed E-state index contributed by atoms with van der Waals surface area (Å²) in [5.41, 5.74) is 3.43. The molecule has 0 fully saturated rings. The van der Waals surface area contributed by atoms with Crippen LogP contribution >= 0.6 is 0 Å². The van der Waals surface area contributed by atoms with Crippen molar-refractivity contribution >= 4 is 16.9 Å². The Kier molecular flexibility index (Phi) is 5.04. The van der Waals surface area contributed by atoms with Crippen molar-refractivity contribution in [2.75, 3.05) is 0 Å². The molecule has 0 aliphatic rings. The number of rotatable bonds is 4. The van der Waals surface area contributed by atoms with E-state index in [1.807, 2.05) is 39.0 Å². The predicted octanol–water partition coefficient (Wildman–Crippen LogP) is 3.20. The minimum absolute atomic E-state index is 0.161. The molecule has 136 valence electrons. The summed E-state index contributed by atoms with van der Waals surface area (Å²) in [4.78, 5) is 29.6. The van der Waals surface area contributed by atoms with Gasteiger partial charge in [0.05, 0.1) is 22.5 Å². The third kappa shape index (κ3) is 3.58. The van der Waals surface area contributed by atoms with E-state index in [0.29, 0.717) is 16.5 Å². The van der Waals surface area contributed by atoms with Gasteiger partial charge >= 0.3 is 5.97 Å². The molecular formula is C21H19N3O3. The maximum atomic E-state index is 12.6. The van der Waals surface area contributed by atoms with Crippen molar-refractivity contribution in [3.8, 4) is 6.07 Å². The lowest BCUT2D eigenvalue weighted by Gasteiger charge is -2.13. The Morgan fingerprint density at radius 2 is 1.85 bits per heavy atom. The topological polar surface area (TPSA) is 85.0 Å². The van der Waals surface area contributed by atoms with E-state index in [1.165, 1.54) is 4.57 Å². The van der Waals surface area contributed by atoms with Crippen LogP contribution in [0.25, 0.3) is 10.9 Å². The second kappa shape index (κ2) is 7.42. The molecule has 3 rings (SSSR count). The lowest BCUT2D eigenvalue weighted by Crippen LogP contribution is -2.26. The number of esters is 1. The first-order valence-electron chi connectivity index (χ1n) is 8.52. The number of hydrogen-bond acceptors (Lipinski definition) is 5. The van der Waals surface area contributed by atoms with Gasteiger partial charge in [0.25, 0.3) is 5.56 Å². The Morgan fingerprint density at radius 1 is 1.19 bits per heavy atom. The Labute approximate surface area is 156 Å². The van der Waals surface area contributed by atoms with Crippen molar-refractivity contribution in [3.63, 3.8) is 0 Å². The summed E-state index contributed by atoms with van der Waals surface area (Å²) in [6.07, 6.45) is 0. The van der Waals surface area contributed by atoms with E-state index in [-0.39, 0.29) is 24.5 Å². The number of ether oxygens (including phenoxy) is 1. The summed E-state index contributed by atoms with van der Waals surface area (Å²) in [5.74, 6) is -0.230. The fourth-order valence-electron chi connectivity index (χ4n) is 3.26. The van der Waals surface area contributed by atoms with Crippen molar-refractivity contribution in [3.05, 3.63) is 74.8 Å². The van der Waals surface area contributed by atoms with E-state index in [4.69, 9.17) is 10.00 Å². The highest BCUT2D eigenvalue weighted by molar-refractivity contribution is 5.92. The highest BCUT2D eigenvalue weighted by atomic mass is 16.5. The molecule has 2 aromatic carbocycles. The van der Waals surface area contributed by atoms with E-state index in [0.717, 1.165) is 16.7 Å². The average molecular weight is 361 g/mol. The lowest BCUT2D eigenvalue weighted by atomic mass is 10.00. The maximum absolute atomic E-state index is 12.6. The van der Waals surface area contributed by atoms with E-state index >= 15 is 0 Å². The normalized spacial score (nSPS) is 10.6. The molecule has 6 nitrogen and oxygen atoms in total. The SMILES string of the molecule is Cc1cc(C)c(C(=O)OCc2nc3ccccc3c(=O)n2CC#N)c(C)c1. The van der Waals surface area contributed by atoms with Gasteiger partial charge in [-0.15, -0.1) is 0 Å². The number of aryl methyl sites for hydroxylation is 3. The van der Waals surface area contributed by atoms with Crippen molar-refractivity contribution in [2.45, 2.75) is 33.9 Å². The monoisotopic (exact) mass is 361 g/mol. The summed E-state index contributed by atoms with van der Waals surface area (Å²) in [6.45, 7) is 5.33. The molecule has 0 aliphatic carbocycles. The smallest absolute Gasteiger partial charge is 0.339 e. The molecule has 0 aliphatic heterocycles. The van der Waals surface area contributed by atoms with Gasteiger partial charge in [0.1, 0.15) is 13.2 Å². The highest BCUT2D eigenvalue weighted by Crippen LogP contribution is 2.18. The van der Waals surface area contributed by atoms with Gasteiger partial charge in [-0.3, -0.25) is 9.36 Å². The highest BCUT2D eigenvalue weighted by Gasteiger charge is 2.17. The number of nitriles is 1. The third-order valence-electron chi connectivity index (χ3n) is 4.38. The maximum Gasteiger partial charge on any atom is 0.339 e. The standard InChI is InChI=1S/C21H19N3O3/c1-13-10-14(2)19(15(3)11-13)21(26)27-12-18-23-17-7-5-4-6-16(17)20(25)24(18)9-8-22/h4-7,10-11H,9,12H2,1-3H3. The Balaban J connectivity index is 1.95. The van der Waals surface area contributed by atoms with Crippen LogP contribution in [0.4, 0.5) is 0 Å². The van der Waals surface area contributed by atoms with Crippen LogP contribution in [0.5, 0.6) is 0 Å². The molecule has 1 heterocycles. The first-order valence-corrected chi connectivity index (χ1v) is 8.52. The molecule has 0 N–H and O–H groups in total. The number of aromatic nitrogens is 2. The zero-order chi connectivity index (χ0) is 19.6. The summed E-state index contributed by atoms with van der Waals surface area (Å²) >= 11 is 0. The zero-order valence-corrected chi connectivity index (χ0v) is 15.4. The summed E-state index contributed by atoms with van der Waals surface area (Å²) in [5, 5.41) is 9.47. The van der Waals surface area contributed by atoms with Gasteiger partial charge in [-0.25, -0.2) is 9.78 Å². The molecule has 1 aromatic heterocycles. The Hall–Kier alpha value is -3.46. The van der Waals surface area contributed by atoms with Gasteiger partial charge in [0, 0.05) is 0 Å². The van der Waals surface area contributed by atoms with Crippen molar-refractivity contribution in [1.29, 1.82) is 5.26 Å². The molecule has 27 heavy (non-hydrogen) atoms. The average Bonchev–Trinajstić information content (AvgIpc) is 2.62. The second-order valence-corrected chi connectivity index (χ2v) is 6.44. The van der Waals surface area contributed by atoms with Crippen molar-refractivity contribution in [1.82, 2.24) is 9.55 Å². The summed E-state index contributed by atoms with van der Waals surface area (Å²) < 4.78 is 6.68. The predicted molar refractivity (Wildman–Crippen MR) is 101 cm³/mol. The number of benzene rings is 2. The van der Waals surface area contributed by atoms with Gasteiger partial charge in [-0.05, 0) is 44.0 Å². The summed E-state index contributed by atoms with van der Waals surface area (Å²) in [7, 11) is 0. The largest absolute Gasteiger partial charge is 0.454 e.